The molecule has 0 radical (unpaired) electrons. The van der Waals surface area contributed by atoms with Crippen molar-refractivity contribution in [2.45, 2.75) is 91.4 Å². The van der Waals surface area contributed by atoms with Gasteiger partial charge in [-0.3, -0.25) is 9.59 Å². The summed E-state index contributed by atoms with van der Waals surface area (Å²) in [4.78, 5) is 25.0. The Kier molecular flexibility index (Phi) is 5.42. The highest BCUT2D eigenvalue weighted by molar-refractivity contribution is 5.83. The van der Waals surface area contributed by atoms with Crippen molar-refractivity contribution < 1.29 is 14.3 Å². The Labute approximate surface area is 171 Å². The van der Waals surface area contributed by atoms with Crippen LogP contribution < -0.4 is 0 Å². The lowest BCUT2D eigenvalue weighted by atomic mass is 9.44. The van der Waals surface area contributed by atoms with Crippen LogP contribution in [0.15, 0.2) is 0 Å². The average molecular weight is 389 g/mol. The molecule has 0 aliphatic heterocycles. The summed E-state index contributed by atoms with van der Waals surface area (Å²) in [6, 6.07) is 0. The lowest BCUT2D eigenvalue weighted by Gasteiger charge is -2.60. The maximum Gasteiger partial charge on any atom is 0.305 e. The van der Waals surface area contributed by atoms with Gasteiger partial charge < -0.3 is 4.74 Å². The van der Waals surface area contributed by atoms with Crippen LogP contribution in [-0.4, -0.2) is 18.9 Å². The van der Waals surface area contributed by atoms with Crippen LogP contribution in [0.4, 0.5) is 0 Å². The average Bonchev–Trinajstić information content (AvgIpc) is 3.03. The van der Waals surface area contributed by atoms with Crippen LogP contribution in [0.5, 0.6) is 0 Å². The van der Waals surface area contributed by atoms with Gasteiger partial charge in [0.05, 0.1) is 7.11 Å². The van der Waals surface area contributed by atoms with Crippen molar-refractivity contribution in [2.75, 3.05) is 7.11 Å². The first-order chi connectivity index (χ1) is 13.3. The van der Waals surface area contributed by atoms with Crippen molar-refractivity contribution in [2.24, 2.45) is 46.3 Å². The Bertz CT molecular complexity index is 627. The van der Waals surface area contributed by atoms with Crippen LogP contribution >= 0.6 is 0 Å². The summed E-state index contributed by atoms with van der Waals surface area (Å²) in [6.07, 6.45) is 12.6. The highest BCUT2D eigenvalue weighted by atomic mass is 16.5. The zero-order chi connectivity index (χ0) is 20.1. The van der Waals surface area contributed by atoms with Gasteiger partial charge in [0.15, 0.2) is 0 Å². The first-order valence-electron chi connectivity index (χ1n) is 11.9. The summed E-state index contributed by atoms with van der Waals surface area (Å²) in [7, 11) is 1.48. The highest BCUT2D eigenvalue weighted by Crippen LogP contribution is 2.67. The van der Waals surface area contributed by atoms with Crippen LogP contribution in [-0.2, 0) is 14.3 Å². The lowest BCUT2D eigenvalue weighted by molar-refractivity contribution is -0.156. The Balaban J connectivity index is 1.54. The molecule has 0 spiro atoms. The summed E-state index contributed by atoms with van der Waals surface area (Å²) in [5, 5.41) is 0. The number of methoxy groups -OCH3 is 1. The van der Waals surface area contributed by atoms with Crippen molar-refractivity contribution in [3.05, 3.63) is 0 Å². The topological polar surface area (TPSA) is 43.4 Å². The molecule has 8 atom stereocenters. The van der Waals surface area contributed by atoms with Gasteiger partial charge in [-0.15, -0.1) is 0 Å². The second-order valence-corrected chi connectivity index (χ2v) is 11.2. The SMILES string of the molecule is COC(=O)CCC(C)C1CCC2C3C(=O)CC4CCCCC4(C)C3CCC12C. The summed E-state index contributed by atoms with van der Waals surface area (Å²) in [5.74, 6) is 3.86. The number of carbonyl (C=O) groups is 2. The zero-order valence-electron chi connectivity index (χ0n) is 18.5. The maximum atomic E-state index is 13.4. The quantitative estimate of drug-likeness (QED) is 0.571. The van der Waals surface area contributed by atoms with E-state index in [0.29, 0.717) is 53.1 Å². The standard InChI is InChI=1S/C25H40O3/c1-16(8-11-22(27)28-4)18-9-10-19-23-20(12-14-25(18,19)3)24(2)13-6-5-7-17(24)15-21(23)26/h16-20,23H,5-15H2,1-4H3. The largest absolute Gasteiger partial charge is 0.469 e. The van der Waals surface area contributed by atoms with E-state index in [2.05, 4.69) is 20.8 Å². The van der Waals surface area contributed by atoms with E-state index in [-0.39, 0.29) is 11.4 Å². The molecule has 0 aromatic carbocycles. The van der Waals surface area contributed by atoms with Gasteiger partial charge in [-0.1, -0.05) is 33.6 Å². The fraction of sp³-hybridized carbons (Fsp3) is 0.920. The van der Waals surface area contributed by atoms with E-state index in [0.717, 1.165) is 12.8 Å². The Morgan fingerprint density at radius 2 is 1.82 bits per heavy atom. The van der Waals surface area contributed by atoms with Crippen LogP contribution in [0, 0.1) is 46.3 Å². The van der Waals surface area contributed by atoms with Crippen LogP contribution in [0.3, 0.4) is 0 Å². The van der Waals surface area contributed by atoms with E-state index >= 15 is 0 Å². The first-order valence-corrected chi connectivity index (χ1v) is 11.9. The lowest BCUT2D eigenvalue weighted by Crippen LogP contribution is -2.56. The van der Waals surface area contributed by atoms with Gasteiger partial charge in [0.2, 0.25) is 0 Å². The van der Waals surface area contributed by atoms with Gasteiger partial charge in [-0.2, -0.15) is 0 Å². The summed E-state index contributed by atoms with van der Waals surface area (Å²) in [5.41, 5.74) is 0.691. The Hall–Kier alpha value is -0.860. The normalized spacial score (nSPS) is 46.3. The molecule has 0 aromatic rings. The number of ketones is 1. The minimum absolute atomic E-state index is 0.0889. The van der Waals surface area contributed by atoms with E-state index in [1.165, 1.54) is 58.5 Å². The monoisotopic (exact) mass is 388 g/mol. The third-order valence-electron chi connectivity index (χ3n) is 10.2. The maximum absolute atomic E-state index is 13.4. The third-order valence-corrected chi connectivity index (χ3v) is 10.2. The molecular weight excluding hydrogens is 348 g/mol. The predicted octanol–water partition coefficient (Wildman–Crippen LogP) is 5.80. The molecule has 4 aliphatic rings. The fourth-order valence-electron chi connectivity index (χ4n) is 8.59. The van der Waals surface area contributed by atoms with E-state index in [9.17, 15) is 9.59 Å². The van der Waals surface area contributed by atoms with Gasteiger partial charge in [0, 0.05) is 18.8 Å². The molecule has 158 valence electrons. The van der Waals surface area contributed by atoms with Crippen molar-refractivity contribution in [1.29, 1.82) is 0 Å². The summed E-state index contributed by atoms with van der Waals surface area (Å²) >= 11 is 0. The number of esters is 1. The number of Topliss-reactive ketones (excluding diaryl/α,β-unsaturated/α-hetero) is 1. The summed E-state index contributed by atoms with van der Waals surface area (Å²) < 4.78 is 4.86. The summed E-state index contributed by atoms with van der Waals surface area (Å²) in [6.45, 7) is 7.35. The molecule has 4 fully saturated rings. The van der Waals surface area contributed by atoms with Crippen molar-refractivity contribution >= 4 is 11.8 Å². The number of hydrogen-bond acceptors (Lipinski definition) is 3. The van der Waals surface area contributed by atoms with Gasteiger partial charge in [0.1, 0.15) is 5.78 Å². The Morgan fingerprint density at radius 1 is 1.07 bits per heavy atom. The molecule has 8 unspecified atom stereocenters. The third kappa shape index (κ3) is 3.06. The zero-order valence-corrected chi connectivity index (χ0v) is 18.5. The predicted molar refractivity (Wildman–Crippen MR) is 111 cm³/mol. The molecule has 0 heterocycles. The first kappa shape index (κ1) is 20.4. The van der Waals surface area contributed by atoms with E-state index in [1.807, 2.05) is 0 Å². The molecule has 0 bridgehead atoms. The molecule has 4 saturated carbocycles. The van der Waals surface area contributed by atoms with Crippen LogP contribution in [0.25, 0.3) is 0 Å². The van der Waals surface area contributed by atoms with Gasteiger partial charge >= 0.3 is 5.97 Å². The molecule has 0 saturated heterocycles. The number of fused-ring (bicyclic) bond motifs is 5. The number of carbonyl (C=O) groups excluding carboxylic acids is 2. The molecule has 4 aliphatic carbocycles. The molecule has 0 N–H and O–H groups in total. The number of ether oxygens (including phenoxy) is 1. The van der Waals surface area contributed by atoms with Gasteiger partial charge in [-0.25, -0.2) is 0 Å². The molecule has 3 heteroatoms. The van der Waals surface area contributed by atoms with Gasteiger partial charge in [-0.05, 0) is 85.4 Å². The van der Waals surface area contributed by atoms with E-state index < -0.39 is 0 Å². The second-order valence-electron chi connectivity index (χ2n) is 11.2. The van der Waals surface area contributed by atoms with Crippen LogP contribution in [0.1, 0.15) is 91.4 Å². The number of rotatable bonds is 4. The van der Waals surface area contributed by atoms with Crippen molar-refractivity contribution in [3.63, 3.8) is 0 Å². The molecular formula is C25H40O3. The Morgan fingerprint density at radius 3 is 2.57 bits per heavy atom. The molecule has 3 nitrogen and oxygen atoms in total. The van der Waals surface area contributed by atoms with Gasteiger partial charge in [0.25, 0.3) is 0 Å². The second kappa shape index (κ2) is 7.43. The molecule has 28 heavy (non-hydrogen) atoms. The minimum atomic E-state index is -0.0889. The molecule has 0 amide bonds. The molecule has 0 aromatic heterocycles. The van der Waals surface area contributed by atoms with Crippen molar-refractivity contribution in [3.8, 4) is 0 Å². The van der Waals surface area contributed by atoms with E-state index in [1.54, 1.807) is 0 Å². The smallest absolute Gasteiger partial charge is 0.305 e. The highest BCUT2D eigenvalue weighted by Gasteiger charge is 2.62. The molecule has 4 rings (SSSR count). The fourth-order valence-corrected chi connectivity index (χ4v) is 8.59. The van der Waals surface area contributed by atoms with Crippen molar-refractivity contribution in [1.82, 2.24) is 0 Å². The number of hydrogen-bond donors (Lipinski definition) is 0. The van der Waals surface area contributed by atoms with E-state index in [4.69, 9.17) is 4.74 Å². The minimum Gasteiger partial charge on any atom is -0.469 e. The van der Waals surface area contributed by atoms with Crippen LogP contribution in [0.2, 0.25) is 0 Å².